The molecular formula is C11H23N5O4. The molecule has 1 aliphatic rings. The number of carboxylic acid groups (broad SMARTS) is 1. The van der Waals surface area contributed by atoms with Gasteiger partial charge in [-0.2, -0.15) is 0 Å². The third-order valence-electron chi connectivity index (χ3n) is 2.82. The molecule has 20 heavy (non-hydrogen) atoms. The number of ether oxygens (including phenoxy) is 2. The first-order valence-electron chi connectivity index (χ1n) is 6.44. The second kappa shape index (κ2) is 8.69. The van der Waals surface area contributed by atoms with Crippen molar-refractivity contribution in [3.05, 3.63) is 0 Å². The topological polar surface area (TPSA) is 130 Å². The number of aliphatic carboxylic acids is 1. The Kier molecular flexibility index (Phi) is 7.23. The van der Waals surface area contributed by atoms with Crippen LogP contribution < -0.4 is 21.7 Å². The lowest BCUT2D eigenvalue weighted by Crippen LogP contribution is -2.66. The van der Waals surface area contributed by atoms with Crippen LogP contribution in [-0.4, -0.2) is 56.5 Å². The molecule has 0 aromatic carbocycles. The van der Waals surface area contributed by atoms with Gasteiger partial charge in [-0.25, -0.2) is 5.32 Å². The zero-order valence-electron chi connectivity index (χ0n) is 11.8. The normalized spacial score (nSPS) is 23.6. The number of rotatable bonds is 8. The average molecular weight is 289 g/mol. The largest absolute Gasteiger partial charge is 0.480 e. The predicted molar refractivity (Wildman–Crippen MR) is 72.8 cm³/mol. The van der Waals surface area contributed by atoms with Crippen molar-refractivity contribution >= 4 is 11.9 Å². The Morgan fingerprint density at radius 2 is 1.95 bits per heavy atom. The van der Waals surface area contributed by atoms with Gasteiger partial charge in [0.05, 0.1) is 0 Å². The summed E-state index contributed by atoms with van der Waals surface area (Å²) in [6.07, 6.45) is 1.17. The number of carboxylic acids is 1. The van der Waals surface area contributed by atoms with E-state index in [9.17, 15) is 4.79 Å². The van der Waals surface area contributed by atoms with Gasteiger partial charge in [0.15, 0.2) is 18.7 Å². The van der Waals surface area contributed by atoms with Crippen molar-refractivity contribution in [3.8, 4) is 0 Å². The molecule has 9 heteroatoms. The molecule has 0 saturated carbocycles. The number of nitrogens with zero attached hydrogens (tertiary/aromatic N) is 1. The van der Waals surface area contributed by atoms with Crippen molar-refractivity contribution in [3.63, 3.8) is 0 Å². The number of carbonyl (C=O) groups is 1. The van der Waals surface area contributed by atoms with Crippen LogP contribution in [0.5, 0.6) is 0 Å². The maximum Gasteiger partial charge on any atom is 0.320 e. The van der Waals surface area contributed by atoms with Gasteiger partial charge in [-0.3, -0.25) is 9.79 Å². The summed E-state index contributed by atoms with van der Waals surface area (Å²) >= 11 is 0. The molecule has 1 heterocycles. The zero-order valence-corrected chi connectivity index (χ0v) is 11.8. The van der Waals surface area contributed by atoms with Crippen LogP contribution >= 0.6 is 0 Å². The van der Waals surface area contributed by atoms with Crippen LogP contribution in [0.4, 0.5) is 0 Å². The monoisotopic (exact) mass is 289 g/mol. The number of nitrogens with two attached hydrogens (primary N) is 1. The van der Waals surface area contributed by atoms with E-state index >= 15 is 0 Å². The molecule has 0 radical (unpaired) electrons. The molecule has 0 bridgehead atoms. The molecule has 1 aliphatic heterocycles. The van der Waals surface area contributed by atoms with E-state index in [1.807, 2.05) is 0 Å². The van der Waals surface area contributed by atoms with Crippen LogP contribution in [0.1, 0.15) is 19.3 Å². The summed E-state index contributed by atoms with van der Waals surface area (Å²) < 4.78 is 10.3. The van der Waals surface area contributed by atoms with E-state index in [4.69, 9.17) is 20.3 Å². The smallest absolute Gasteiger partial charge is 0.320 e. The van der Waals surface area contributed by atoms with Crippen molar-refractivity contribution < 1.29 is 19.4 Å². The predicted octanol–water partition coefficient (Wildman–Crippen LogP) is -1.43. The summed E-state index contributed by atoms with van der Waals surface area (Å²) in [5.74, 6) is -0.395. The quantitative estimate of drug-likeness (QED) is 0.344. The Labute approximate surface area is 117 Å². The van der Waals surface area contributed by atoms with E-state index < -0.39 is 12.0 Å². The highest BCUT2D eigenvalue weighted by Gasteiger charge is 2.22. The minimum absolute atomic E-state index is 0.375. The maximum absolute atomic E-state index is 10.5. The fraction of sp³-hybridized carbons (Fsp3) is 0.818. The Morgan fingerprint density at radius 1 is 1.35 bits per heavy atom. The molecule has 0 aromatic heterocycles. The summed E-state index contributed by atoms with van der Waals surface area (Å²) in [7, 11) is 3.13. The zero-order chi connectivity index (χ0) is 15.0. The summed E-state index contributed by atoms with van der Waals surface area (Å²) in [6.45, 7) is 0.564. The molecule has 0 aliphatic carbocycles. The van der Waals surface area contributed by atoms with Gasteiger partial charge in [-0.1, -0.05) is 0 Å². The first-order chi connectivity index (χ1) is 9.56. The minimum atomic E-state index is -0.969. The van der Waals surface area contributed by atoms with E-state index in [1.165, 1.54) is 0 Å². The Hall–Kier alpha value is -1.42. The lowest BCUT2D eigenvalue weighted by atomic mass is 10.1. The van der Waals surface area contributed by atoms with Gasteiger partial charge in [0.1, 0.15) is 6.04 Å². The molecule has 6 N–H and O–H groups in total. The molecule has 0 amide bonds. The lowest BCUT2D eigenvalue weighted by molar-refractivity contribution is -0.138. The van der Waals surface area contributed by atoms with E-state index in [1.54, 1.807) is 14.2 Å². The number of methoxy groups -OCH3 is 2. The molecule has 0 spiro atoms. The Balaban J connectivity index is 2.28. The molecule has 2 unspecified atom stereocenters. The van der Waals surface area contributed by atoms with Crippen molar-refractivity contribution in [2.45, 2.75) is 38.0 Å². The fourth-order valence-electron chi connectivity index (χ4n) is 1.65. The van der Waals surface area contributed by atoms with Gasteiger partial charge >= 0.3 is 5.97 Å². The molecule has 0 aromatic rings. The second-order valence-electron chi connectivity index (χ2n) is 4.36. The number of hydrogen-bond acceptors (Lipinski definition) is 6. The van der Waals surface area contributed by atoms with Gasteiger partial charge in [0, 0.05) is 20.8 Å². The van der Waals surface area contributed by atoms with Crippen LogP contribution in [0.25, 0.3) is 0 Å². The molecule has 1 saturated heterocycles. The molecule has 1 fully saturated rings. The van der Waals surface area contributed by atoms with Gasteiger partial charge in [0.2, 0.25) is 0 Å². The summed E-state index contributed by atoms with van der Waals surface area (Å²) in [5.41, 5.74) is 5.41. The van der Waals surface area contributed by atoms with Crippen molar-refractivity contribution in [2.75, 3.05) is 20.8 Å². The number of guanidine groups is 1. The SMILES string of the molecule is COC1NC(=NCCCC[C@H](N)C(=O)O)NC(OC)N1. The van der Waals surface area contributed by atoms with E-state index in [0.717, 1.165) is 6.42 Å². The third-order valence-corrected chi connectivity index (χ3v) is 2.82. The van der Waals surface area contributed by atoms with Crippen LogP contribution in [-0.2, 0) is 14.3 Å². The summed E-state index contributed by atoms with van der Waals surface area (Å²) in [6, 6.07) is -0.798. The molecule has 3 atom stereocenters. The van der Waals surface area contributed by atoms with E-state index in [-0.39, 0.29) is 12.7 Å². The Bertz CT molecular complexity index is 325. The van der Waals surface area contributed by atoms with Crippen LogP contribution in [0.2, 0.25) is 0 Å². The fourth-order valence-corrected chi connectivity index (χ4v) is 1.65. The molecule has 116 valence electrons. The maximum atomic E-state index is 10.5. The van der Waals surface area contributed by atoms with Crippen LogP contribution in [0, 0.1) is 0 Å². The lowest BCUT2D eigenvalue weighted by Gasteiger charge is -2.32. The number of aliphatic imine (C=N–C) groups is 1. The number of hydrogen-bond donors (Lipinski definition) is 5. The third kappa shape index (κ3) is 5.70. The standard InChI is InChI=1S/C11H23N5O4/c1-19-10-14-9(15-11(16-10)20-2)13-6-4-3-5-7(12)8(17)18/h7,10-11,16H,3-6,12H2,1-2H3,(H,17,18)(H2,13,14,15)/t7-,10?,11?/m0/s1. The minimum Gasteiger partial charge on any atom is -0.480 e. The van der Waals surface area contributed by atoms with Gasteiger partial charge in [-0.05, 0) is 19.3 Å². The van der Waals surface area contributed by atoms with Gasteiger partial charge < -0.3 is 30.9 Å². The van der Waals surface area contributed by atoms with Gasteiger partial charge in [-0.15, -0.1) is 0 Å². The van der Waals surface area contributed by atoms with Crippen LogP contribution in [0.15, 0.2) is 4.99 Å². The summed E-state index contributed by atoms with van der Waals surface area (Å²) in [5, 5.41) is 17.6. The molecule has 9 nitrogen and oxygen atoms in total. The van der Waals surface area contributed by atoms with Gasteiger partial charge in [0.25, 0.3) is 0 Å². The molecule has 1 rings (SSSR count). The number of unbranched alkanes of at least 4 members (excludes halogenated alkanes) is 1. The average Bonchev–Trinajstić information content (AvgIpc) is 2.46. The highest BCUT2D eigenvalue weighted by atomic mass is 16.5. The van der Waals surface area contributed by atoms with Crippen molar-refractivity contribution in [1.82, 2.24) is 16.0 Å². The van der Waals surface area contributed by atoms with Crippen molar-refractivity contribution in [2.24, 2.45) is 10.7 Å². The highest BCUT2D eigenvalue weighted by molar-refractivity contribution is 5.80. The second-order valence-corrected chi connectivity index (χ2v) is 4.36. The Morgan fingerprint density at radius 3 is 2.45 bits per heavy atom. The first-order valence-corrected chi connectivity index (χ1v) is 6.44. The van der Waals surface area contributed by atoms with E-state index in [0.29, 0.717) is 25.3 Å². The van der Waals surface area contributed by atoms with Crippen molar-refractivity contribution in [1.29, 1.82) is 0 Å². The van der Waals surface area contributed by atoms with Crippen LogP contribution in [0.3, 0.4) is 0 Å². The first kappa shape index (κ1) is 16.6. The summed E-state index contributed by atoms with van der Waals surface area (Å²) in [4.78, 5) is 14.9. The van der Waals surface area contributed by atoms with E-state index in [2.05, 4.69) is 20.9 Å². The molecular weight excluding hydrogens is 266 g/mol. The number of nitrogens with one attached hydrogen (secondary N) is 3. The highest BCUT2D eigenvalue weighted by Crippen LogP contribution is 2.00.